The Bertz CT molecular complexity index is 2370. The summed E-state index contributed by atoms with van der Waals surface area (Å²) in [4.78, 5) is 51.0. The van der Waals surface area contributed by atoms with Gasteiger partial charge in [0.25, 0.3) is 0 Å². The molecular weight excluding hydrogens is 953 g/mol. The van der Waals surface area contributed by atoms with E-state index in [0.717, 1.165) is 84.4 Å². The first-order valence-corrected chi connectivity index (χ1v) is 26.7. The van der Waals surface area contributed by atoms with Gasteiger partial charge < -0.3 is 51.4 Å². The Morgan fingerprint density at radius 1 is 0.667 bits per heavy atom. The lowest BCUT2D eigenvalue weighted by Crippen LogP contribution is -2.36. The number of fused-ring (bicyclic) bond motifs is 2. The molecule has 3 aromatic carbocycles. The summed E-state index contributed by atoms with van der Waals surface area (Å²) in [6.45, 7) is 7.13. The number of amides is 6. The molecule has 19 heteroatoms. The Kier molecular flexibility index (Phi) is 21.3. The highest BCUT2D eigenvalue weighted by molar-refractivity contribution is 8.00. The molecule has 4 saturated heterocycles. The van der Waals surface area contributed by atoms with Gasteiger partial charge in [-0.25, -0.2) is 9.59 Å². The van der Waals surface area contributed by atoms with Gasteiger partial charge in [-0.3, -0.25) is 9.59 Å². The van der Waals surface area contributed by atoms with Crippen LogP contribution in [0.15, 0.2) is 84.1 Å². The fourth-order valence-corrected chi connectivity index (χ4v) is 11.8. The average Bonchev–Trinajstić information content (AvgIpc) is 4.15. The molecule has 4 fully saturated rings. The Balaban J connectivity index is 0.817. The highest BCUT2D eigenvalue weighted by Crippen LogP contribution is 2.34. The van der Waals surface area contributed by atoms with E-state index < -0.39 is 0 Å². The smallest absolute Gasteiger partial charge is 0.315 e. The van der Waals surface area contributed by atoms with Gasteiger partial charge in [-0.1, -0.05) is 72.5 Å². The quantitative estimate of drug-likeness (QED) is 0.0110. The molecule has 4 heterocycles. The minimum atomic E-state index is -0.370. The number of unbranched alkanes of at least 4 members (excludes halogenated alkanes) is 2. The molecule has 72 heavy (non-hydrogen) atoms. The molecule has 17 nitrogen and oxygen atoms in total. The maximum atomic E-state index is 12.7. The van der Waals surface area contributed by atoms with E-state index in [0.29, 0.717) is 73.3 Å². The molecular formula is C53H64N10O7S2. The Hall–Kier alpha value is -6.31. The van der Waals surface area contributed by atoms with Crippen LogP contribution in [0.4, 0.5) is 15.3 Å². The molecule has 7 rings (SSSR count). The molecule has 0 aliphatic carbocycles. The number of hydrogen-bond acceptors (Lipinski definition) is 11. The number of hydrogen-bond donors (Lipinski definition) is 7. The largest absolute Gasteiger partial charge is 0.387 e. The van der Waals surface area contributed by atoms with Crippen molar-refractivity contribution in [3.63, 3.8) is 0 Å². The first-order valence-electron chi connectivity index (χ1n) is 24.6. The summed E-state index contributed by atoms with van der Waals surface area (Å²) in [6.07, 6.45) is 7.36. The lowest BCUT2D eigenvalue weighted by molar-refractivity contribution is -0.121. The lowest BCUT2D eigenvalue weighted by Gasteiger charge is -2.16. The van der Waals surface area contributed by atoms with Crippen molar-refractivity contribution >= 4 is 53.1 Å². The summed E-state index contributed by atoms with van der Waals surface area (Å²) in [5.74, 6) is 14.4. The van der Waals surface area contributed by atoms with E-state index in [1.807, 2.05) is 78.1 Å². The highest BCUT2D eigenvalue weighted by atomic mass is 32.2. The normalized spacial score (nSPS) is 20.2. The van der Waals surface area contributed by atoms with Crippen LogP contribution >= 0.6 is 23.5 Å². The Morgan fingerprint density at radius 2 is 1.19 bits per heavy atom. The number of ether oxygens (including phenoxy) is 3. The predicted molar refractivity (Wildman–Crippen MR) is 282 cm³/mol. The predicted octanol–water partition coefficient (Wildman–Crippen LogP) is 6.46. The van der Waals surface area contributed by atoms with Gasteiger partial charge in [0.1, 0.15) is 6.61 Å². The van der Waals surface area contributed by atoms with Crippen LogP contribution in [0.1, 0.15) is 84.7 Å². The third-order valence-corrected chi connectivity index (χ3v) is 15.4. The van der Waals surface area contributed by atoms with E-state index in [1.165, 1.54) is 0 Å². The summed E-state index contributed by atoms with van der Waals surface area (Å²) < 4.78 is 17.1. The number of thioether (sulfide) groups is 2. The van der Waals surface area contributed by atoms with Gasteiger partial charge in [0.15, 0.2) is 0 Å². The zero-order chi connectivity index (χ0) is 50.3. The van der Waals surface area contributed by atoms with E-state index in [4.69, 9.17) is 19.7 Å². The second-order valence-corrected chi connectivity index (χ2v) is 20.5. The van der Waals surface area contributed by atoms with Crippen molar-refractivity contribution in [2.45, 2.75) is 99.2 Å². The third-order valence-electron chi connectivity index (χ3n) is 12.4. The van der Waals surface area contributed by atoms with Crippen LogP contribution in [0.25, 0.3) is 10.4 Å². The van der Waals surface area contributed by atoms with Gasteiger partial charge in [-0.05, 0) is 91.2 Å². The number of azide groups is 1. The summed E-state index contributed by atoms with van der Waals surface area (Å²) in [5.41, 5.74) is 14.9. The first kappa shape index (κ1) is 53.5. The fourth-order valence-electron chi connectivity index (χ4n) is 8.73. The number of allylic oxidation sites excluding steroid dienone is 1. The van der Waals surface area contributed by atoms with Crippen LogP contribution in [-0.2, 0) is 37.0 Å². The number of carbonyl (C=O) groups is 4. The Morgan fingerprint density at radius 3 is 1.75 bits per heavy atom. The summed E-state index contributed by atoms with van der Waals surface area (Å²) >= 11 is 3.84. The average molecular weight is 1020 g/mol. The van der Waals surface area contributed by atoms with E-state index in [9.17, 15) is 19.2 Å². The molecule has 4 aliphatic heterocycles. The van der Waals surface area contributed by atoms with Crippen LogP contribution in [-0.4, -0.2) is 116 Å². The van der Waals surface area contributed by atoms with E-state index in [-0.39, 0.29) is 67.8 Å². The highest BCUT2D eigenvalue weighted by Gasteiger charge is 2.43. The number of benzene rings is 3. The molecule has 380 valence electrons. The molecule has 0 bridgehead atoms. The van der Waals surface area contributed by atoms with E-state index >= 15 is 0 Å². The Labute approximate surface area is 430 Å². The van der Waals surface area contributed by atoms with Crippen molar-refractivity contribution in [2.75, 3.05) is 62.9 Å². The van der Waals surface area contributed by atoms with E-state index in [1.54, 1.807) is 12.1 Å². The van der Waals surface area contributed by atoms with Crippen LogP contribution < -0.4 is 37.2 Å². The van der Waals surface area contributed by atoms with Gasteiger partial charge in [0.05, 0.1) is 57.2 Å². The zero-order valence-electron chi connectivity index (χ0n) is 40.5. The molecule has 3 aromatic rings. The maximum absolute atomic E-state index is 12.7. The number of nitrogens with one attached hydrogen (secondary N) is 7. The van der Waals surface area contributed by atoms with Crippen molar-refractivity contribution in [1.82, 2.24) is 31.9 Å². The summed E-state index contributed by atoms with van der Waals surface area (Å²) in [6, 6.07) is 21.9. The minimum Gasteiger partial charge on any atom is -0.387 e. The molecule has 6 amide bonds. The van der Waals surface area contributed by atoms with E-state index in [2.05, 4.69) is 77.5 Å². The van der Waals surface area contributed by atoms with Crippen molar-refractivity contribution in [2.24, 2.45) is 5.11 Å². The van der Waals surface area contributed by atoms with Crippen molar-refractivity contribution in [1.29, 1.82) is 0 Å². The minimum absolute atomic E-state index is 0.0150. The van der Waals surface area contributed by atoms with Crippen molar-refractivity contribution in [3.05, 3.63) is 123 Å². The van der Waals surface area contributed by atoms with Crippen molar-refractivity contribution in [3.8, 4) is 23.7 Å². The second-order valence-electron chi connectivity index (χ2n) is 18.0. The topological polar surface area (TPSA) is 229 Å². The molecule has 4 aliphatic rings. The summed E-state index contributed by atoms with van der Waals surface area (Å²) in [7, 11) is 0. The standard InChI is InChI=1S/C53H64N10O7S2/c1-36(6-2-3-7-46-50-44(34-71-46)59-52(66)61-50)55-22-25-68-31-39-16-10-37(11-17-39)14-20-41-28-42(30-43(29-41)58-49(65)33-70-27-24-57-63-54)21-15-38-12-18-40(19-13-38)32-69-26-23-56-48(64)9-5-4-8-47-51-45(35-72-47)60-53(67)62-51/h10-13,16-19,28-30,44-47,50-51,55H,1-9,22-27,31-35H2,(H,56,64)(H,58,65)(H2,59,61,66)(H2,60,62,67). The number of anilines is 1. The first-order chi connectivity index (χ1) is 35.2. The third kappa shape index (κ3) is 17.8. The van der Waals surface area contributed by atoms with Crippen LogP contribution in [0, 0.1) is 23.7 Å². The number of urea groups is 2. The van der Waals surface area contributed by atoms with Crippen LogP contribution in [0.3, 0.4) is 0 Å². The molecule has 7 N–H and O–H groups in total. The lowest BCUT2D eigenvalue weighted by atomic mass is 10.0. The van der Waals surface area contributed by atoms with Crippen LogP contribution in [0.2, 0.25) is 0 Å². The van der Waals surface area contributed by atoms with Crippen molar-refractivity contribution < 1.29 is 33.4 Å². The number of rotatable bonds is 27. The molecule has 0 saturated carbocycles. The fraction of sp³-hybridized carbons (Fsp3) is 0.472. The molecule has 6 unspecified atom stereocenters. The second kappa shape index (κ2) is 28.7. The molecule has 0 radical (unpaired) electrons. The molecule has 6 atom stereocenters. The number of carbonyl (C=O) groups excluding carboxylic acids is 4. The van der Waals surface area contributed by atoms with Gasteiger partial charge in [-0.2, -0.15) is 23.5 Å². The SMILES string of the molecule is C=C(CCCCC1SCC2NC(=O)NC21)NCCOCc1ccc(C#Cc2cc(C#Cc3ccc(COCCNC(=O)CCCCC4SCC5NC(=O)NC54)cc3)cc(NC(=O)COCCN=[N+]=[N-])c2)cc1. The maximum Gasteiger partial charge on any atom is 0.315 e. The van der Waals surface area contributed by atoms with Crippen LogP contribution in [0.5, 0.6) is 0 Å². The summed E-state index contributed by atoms with van der Waals surface area (Å²) in [5, 5.41) is 25.5. The van der Waals surface area contributed by atoms with Gasteiger partial charge >= 0.3 is 12.1 Å². The van der Waals surface area contributed by atoms with Gasteiger partial charge in [0, 0.05) is 86.6 Å². The molecule has 0 aromatic heterocycles. The number of nitrogens with zero attached hydrogens (tertiary/aromatic N) is 3. The van der Waals surface area contributed by atoms with Gasteiger partial charge in [0.2, 0.25) is 11.8 Å². The van der Waals surface area contributed by atoms with Gasteiger partial charge in [-0.15, -0.1) is 0 Å². The monoisotopic (exact) mass is 1020 g/mol. The molecule has 0 spiro atoms. The zero-order valence-corrected chi connectivity index (χ0v) is 42.1.